The zero-order valence-electron chi connectivity index (χ0n) is 12.7. The molecule has 0 fully saturated rings. The van der Waals surface area contributed by atoms with Crippen molar-refractivity contribution >= 4 is 21.4 Å². The van der Waals surface area contributed by atoms with Gasteiger partial charge in [0, 0.05) is 6.54 Å². The summed E-state index contributed by atoms with van der Waals surface area (Å²) >= 11 is 1.63. The van der Waals surface area contributed by atoms with E-state index in [1.165, 1.54) is 0 Å². The number of thiophene rings is 1. The largest absolute Gasteiger partial charge is 0.240 e. The summed E-state index contributed by atoms with van der Waals surface area (Å²) < 4.78 is 27.6. The van der Waals surface area contributed by atoms with Gasteiger partial charge in [0.05, 0.1) is 4.90 Å². The van der Waals surface area contributed by atoms with Crippen LogP contribution >= 0.6 is 11.3 Å². The Balaban J connectivity index is 1.84. The normalized spacial score (nSPS) is 11.5. The molecule has 0 radical (unpaired) electrons. The molecule has 0 aliphatic carbocycles. The number of benzene rings is 2. The van der Waals surface area contributed by atoms with Crippen LogP contribution in [0.15, 0.2) is 70.3 Å². The van der Waals surface area contributed by atoms with Gasteiger partial charge >= 0.3 is 0 Å². The maximum Gasteiger partial charge on any atom is 0.240 e. The molecule has 118 valence electrons. The molecule has 0 saturated heterocycles. The summed E-state index contributed by atoms with van der Waals surface area (Å²) in [6.07, 6.45) is 0. The molecular weight excluding hydrogens is 326 g/mol. The summed E-state index contributed by atoms with van der Waals surface area (Å²) in [6.45, 7) is 2.15. The Bertz CT molecular complexity index is 900. The van der Waals surface area contributed by atoms with Crippen LogP contribution in [0.1, 0.15) is 11.1 Å². The average Bonchev–Trinajstić information content (AvgIpc) is 3.08. The number of hydrogen-bond donors (Lipinski definition) is 1. The van der Waals surface area contributed by atoms with Crippen LogP contribution in [0, 0.1) is 6.92 Å². The lowest BCUT2D eigenvalue weighted by molar-refractivity contribution is 0.581. The maximum absolute atomic E-state index is 12.4. The van der Waals surface area contributed by atoms with E-state index in [1.807, 2.05) is 48.7 Å². The van der Waals surface area contributed by atoms with Crippen molar-refractivity contribution in [3.05, 3.63) is 76.5 Å². The molecule has 1 heterocycles. The highest BCUT2D eigenvalue weighted by atomic mass is 32.2. The highest BCUT2D eigenvalue weighted by molar-refractivity contribution is 7.89. The Morgan fingerprint density at radius 1 is 1.04 bits per heavy atom. The molecule has 3 rings (SSSR count). The van der Waals surface area contributed by atoms with Crippen LogP contribution in [0.25, 0.3) is 11.1 Å². The molecule has 0 aliphatic heterocycles. The minimum Gasteiger partial charge on any atom is -0.207 e. The lowest BCUT2D eigenvalue weighted by Gasteiger charge is -2.11. The Labute approximate surface area is 140 Å². The van der Waals surface area contributed by atoms with E-state index in [1.54, 1.807) is 29.5 Å². The van der Waals surface area contributed by atoms with Crippen molar-refractivity contribution in [2.24, 2.45) is 0 Å². The molecule has 0 atom stereocenters. The lowest BCUT2D eigenvalue weighted by Crippen LogP contribution is -2.23. The van der Waals surface area contributed by atoms with Crippen molar-refractivity contribution in [2.45, 2.75) is 18.4 Å². The van der Waals surface area contributed by atoms with Crippen LogP contribution in [-0.4, -0.2) is 8.42 Å². The fourth-order valence-electron chi connectivity index (χ4n) is 2.41. The monoisotopic (exact) mass is 343 g/mol. The van der Waals surface area contributed by atoms with E-state index >= 15 is 0 Å². The van der Waals surface area contributed by atoms with E-state index in [0.717, 1.165) is 22.3 Å². The zero-order chi connectivity index (χ0) is 16.3. The van der Waals surface area contributed by atoms with Crippen LogP contribution < -0.4 is 4.72 Å². The van der Waals surface area contributed by atoms with Gasteiger partial charge in [0.1, 0.15) is 0 Å². The minimum absolute atomic E-state index is 0.266. The van der Waals surface area contributed by atoms with Gasteiger partial charge in [-0.1, -0.05) is 36.4 Å². The summed E-state index contributed by atoms with van der Waals surface area (Å²) in [7, 11) is -3.51. The molecule has 0 bridgehead atoms. The van der Waals surface area contributed by atoms with Gasteiger partial charge in [-0.15, -0.1) is 0 Å². The van der Waals surface area contributed by atoms with Crippen molar-refractivity contribution in [1.82, 2.24) is 4.72 Å². The van der Waals surface area contributed by atoms with Gasteiger partial charge in [-0.25, -0.2) is 13.1 Å². The summed E-state index contributed by atoms with van der Waals surface area (Å²) in [4.78, 5) is 0.297. The van der Waals surface area contributed by atoms with Gasteiger partial charge in [-0.3, -0.25) is 0 Å². The predicted molar refractivity (Wildman–Crippen MR) is 95.0 cm³/mol. The van der Waals surface area contributed by atoms with Gasteiger partial charge in [-0.2, -0.15) is 11.3 Å². The van der Waals surface area contributed by atoms with Crippen molar-refractivity contribution in [3.63, 3.8) is 0 Å². The first kappa shape index (κ1) is 15.9. The van der Waals surface area contributed by atoms with E-state index in [-0.39, 0.29) is 6.54 Å². The van der Waals surface area contributed by atoms with Gasteiger partial charge in [-0.05, 0) is 58.1 Å². The molecule has 0 spiro atoms. The topological polar surface area (TPSA) is 46.2 Å². The van der Waals surface area contributed by atoms with Crippen molar-refractivity contribution in [3.8, 4) is 11.1 Å². The third kappa shape index (κ3) is 3.69. The SMILES string of the molecule is Cc1cccc(S(=O)(=O)NCc2ccccc2-c2ccsc2)c1. The zero-order valence-corrected chi connectivity index (χ0v) is 14.3. The maximum atomic E-state index is 12.4. The van der Waals surface area contributed by atoms with E-state index in [0.29, 0.717) is 4.90 Å². The molecule has 3 nitrogen and oxygen atoms in total. The van der Waals surface area contributed by atoms with E-state index in [4.69, 9.17) is 0 Å². The first-order valence-corrected chi connectivity index (χ1v) is 9.66. The number of nitrogens with one attached hydrogen (secondary N) is 1. The standard InChI is InChI=1S/C18H17NO2S2/c1-14-5-4-7-17(11-14)23(20,21)19-12-15-6-2-3-8-18(15)16-9-10-22-13-16/h2-11,13,19H,12H2,1H3. The van der Waals surface area contributed by atoms with Gasteiger partial charge in [0.15, 0.2) is 0 Å². The number of hydrogen-bond acceptors (Lipinski definition) is 3. The first-order chi connectivity index (χ1) is 11.1. The Morgan fingerprint density at radius 3 is 2.61 bits per heavy atom. The second kappa shape index (κ2) is 6.66. The third-order valence-electron chi connectivity index (χ3n) is 3.60. The molecule has 0 aliphatic rings. The first-order valence-electron chi connectivity index (χ1n) is 7.23. The average molecular weight is 343 g/mol. The van der Waals surface area contributed by atoms with Gasteiger partial charge in [0.2, 0.25) is 10.0 Å². The van der Waals surface area contributed by atoms with Crippen molar-refractivity contribution in [1.29, 1.82) is 0 Å². The highest BCUT2D eigenvalue weighted by Crippen LogP contribution is 2.26. The van der Waals surface area contributed by atoms with E-state index in [9.17, 15) is 8.42 Å². The van der Waals surface area contributed by atoms with Gasteiger partial charge in [0.25, 0.3) is 0 Å². The van der Waals surface area contributed by atoms with E-state index < -0.39 is 10.0 Å². The molecule has 0 unspecified atom stereocenters. The summed E-state index contributed by atoms with van der Waals surface area (Å²) in [6, 6.07) is 16.8. The van der Waals surface area contributed by atoms with Crippen LogP contribution in [-0.2, 0) is 16.6 Å². The molecule has 5 heteroatoms. The summed E-state index contributed by atoms with van der Waals surface area (Å²) in [5, 5.41) is 4.08. The van der Waals surface area contributed by atoms with Crippen LogP contribution in [0.4, 0.5) is 0 Å². The van der Waals surface area contributed by atoms with E-state index in [2.05, 4.69) is 10.1 Å². The number of sulfonamides is 1. The third-order valence-corrected chi connectivity index (χ3v) is 5.68. The molecule has 2 aromatic carbocycles. The molecule has 0 amide bonds. The molecule has 0 saturated carbocycles. The van der Waals surface area contributed by atoms with Crippen LogP contribution in [0.5, 0.6) is 0 Å². The molecule has 3 aromatic rings. The minimum atomic E-state index is -3.51. The smallest absolute Gasteiger partial charge is 0.207 e. The van der Waals surface area contributed by atoms with Crippen LogP contribution in [0.3, 0.4) is 0 Å². The van der Waals surface area contributed by atoms with Crippen molar-refractivity contribution in [2.75, 3.05) is 0 Å². The second-order valence-electron chi connectivity index (χ2n) is 5.31. The fraction of sp³-hybridized carbons (Fsp3) is 0.111. The predicted octanol–water partition coefficient (Wildman–Crippen LogP) is 4.20. The highest BCUT2D eigenvalue weighted by Gasteiger charge is 2.15. The quantitative estimate of drug-likeness (QED) is 0.754. The molecule has 1 N–H and O–H groups in total. The Morgan fingerprint density at radius 2 is 1.87 bits per heavy atom. The molecular formula is C18H17NO2S2. The van der Waals surface area contributed by atoms with Crippen molar-refractivity contribution < 1.29 is 8.42 Å². The second-order valence-corrected chi connectivity index (χ2v) is 7.86. The number of aryl methyl sites for hydroxylation is 1. The Kier molecular flexibility index (Phi) is 4.61. The fourth-order valence-corrected chi connectivity index (χ4v) is 4.18. The molecule has 1 aromatic heterocycles. The van der Waals surface area contributed by atoms with Gasteiger partial charge < -0.3 is 0 Å². The summed E-state index contributed by atoms with van der Waals surface area (Å²) in [5.41, 5.74) is 4.05. The molecule has 23 heavy (non-hydrogen) atoms. The Hall–Kier alpha value is -1.95. The summed E-state index contributed by atoms with van der Waals surface area (Å²) in [5.74, 6) is 0. The van der Waals surface area contributed by atoms with Crippen LogP contribution in [0.2, 0.25) is 0 Å². The lowest BCUT2D eigenvalue weighted by atomic mass is 10.0. The number of rotatable bonds is 5.